The lowest BCUT2D eigenvalue weighted by Gasteiger charge is -2.25. The predicted molar refractivity (Wildman–Crippen MR) is 75.6 cm³/mol. The molecule has 3 nitrogen and oxygen atoms in total. The molecule has 1 heterocycles. The minimum atomic E-state index is -0.0661. The van der Waals surface area contributed by atoms with Crippen molar-refractivity contribution in [3.8, 4) is 0 Å². The zero-order valence-electron chi connectivity index (χ0n) is 11.9. The van der Waals surface area contributed by atoms with E-state index in [-0.39, 0.29) is 18.1 Å². The highest BCUT2D eigenvalue weighted by Crippen LogP contribution is 2.41. The molecule has 1 saturated carbocycles. The first-order chi connectivity index (χ1) is 9.11. The van der Waals surface area contributed by atoms with Gasteiger partial charge in [0.1, 0.15) is 6.17 Å². The molecule has 1 amide bonds. The van der Waals surface area contributed by atoms with Crippen LogP contribution >= 0.6 is 0 Å². The van der Waals surface area contributed by atoms with Crippen LogP contribution in [-0.2, 0) is 11.2 Å². The average molecular weight is 258 g/mol. The minimum absolute atomic E-state index is 0.0587. The van der Waals surface area contributed by atoms with E-state index in [4.69, 9.17) is 0 Å². The van der Waals surface area contributed by atoms with Crippen molar-refractivity contribution in [2.24, 2.45) is 5.92 Å². The summed E-state index contributed by atoms with van der Waals surface area (Å²) in [4.78, 5) is 14.4. The van der Waals surface area contributed by atoms with E-state index in [1.165, 1.54) is 11.1 Å². The number of hydrogen-bond acceptors (Lipinski definition) is 2. The van der Waals surface area contributed by atoms with Gasteiger partial charge in [-0.25, -0.2) is 0 Å². The number of carbonyl (C=O) groups excluding carboxylic acids is 1. The molecule has 3 heteroatoms. The second-order valence-electron chi connectivity index (χ2n) is 5.91. The third-order valence-electron chi connectivity index (χ3n) is 4.44. The van der Waals surface area contributed by atoms with Crippen molar-refractivity contribution in [3.63, 3.8) is 0 Å². The number of rotatable bonds is 3. The second-order valence-corrected chi connectivity index (χ2v) is 5.91. The summed E-state index contributed by atoms with van der Waals surface area (Å²) >= 11 is 0. The maximum atomic E-state index is 12.3. The molecule has 2 aliphatic rings. The van der Waals surface area contributed by atoms with Crippen molar-refractivity contribution in [2.45, 2.75) is 51.9 Å². The summed E-state index contributed by atoms with van der Waals surface area (Å²) in [6, 6.07) is 9.01. The molecule has 1 aliphatic carbocycles. The Balaban J connectivity index is 1.86. The van der Waals surface area contributed by atoms with Gasteiger partial charge in [0.2, 0.25) is 5.91 Å². The van der Waals surface area contributed by atoms with Crippen LogP contribution in [0.2, 0.25) is 0 Å². The third kappa shape index (κ3) is 2.16. The number of aryl methyl sites for hydroxylation is 1. The van der Waals surface area contributed by atoms with Gasteiger partial charge in [-0.05, 0) is 36.8 Å². The van der Waals surface area contributed by atoms with Crippen LogP contribution in [0.25, 0.3) is 0 Å². The number of benzene rings is 1. The number of amides is 1. The van der Waals surface area contributed by atoms with Gasteiger partial charge in [-0.15, -0.1) is 0 Å². The second kappa shape index (κ2) is 4.64. The Labute approximate surface area is 115 Å². The van der Waals surface area contributed by atoms with Crippen molar-refractivity contribution in [1.29, 1.82) is 0 Å². The van der Waals surface area contributed by atoms with Crippen LogP contribution < -0.4 is 5.32 Å². The number of nitrogens with zero attached hydrogens (tertiary/aromatic N) is 1. The van der Waals surface area contributed by atoms with Crippen molar-refractivity contribution in [1.82, 2.24) is 10.2 Å². The highest BCUT2D eigenvalue weighted by Gasteiger charge is 2.49. The monoisotopic (exact) mass is 258 g/mol. The fourth-order valence-electron chi connectivity index (χ4n) is 2.98. The lowest BCUT2D eigenvalue weighted by molar-refractivity contribution is -0.130. The van der Waals surface area contributed by atoms with Gasteiger partial charge >= 0.3 is 0 Å². The van der Waals surface area contributed by atoms with Gasteiger partial charge in [0, 0.05) is 6.04 Å². The van der Waals surface area contributed by atoms with Crippen molar-refractivity contribution >= 4 is 5.91 Å². The molecule has 0 radical (unpaired) electrons. The number of hydrogen-bond donors (Lipinski definition) is 1. The predicted octanol–water partition coefficient (Wildman–Crippen LogP) is 2.48. The lowest BCUT2D eigenvalue weighted by Crippen LogP contribution is -2.33. The molecule has 19 heavy (non-hydrogen) atoms. The Kier molecular flexibility index (Phi) is 3.09. The Morgan fingerprint density at radius 1 is 1.26 bits per heavy atom. The third-order valence-corrected chi connectivity index (χ3v) is 4.44. The van der Waals surface area contributed by atoms with Crippen LogP contribution in [0.4, 0.5) is 0 Å². The molecule has 1 N–H and O–H groups in total. The Hall–Kier alpha value is -1.35. The maximum absolute atomic E-state index is 12.3. The Morgan fingerprint density at radius 3 is 2.42 bits per heavy atom. The van der Waals surface area contributed by atoms with E-state index in [1.54, 1.807) is 0 Å². The molecule has 0 aromatic heterocycles. The molecule has 1 saturated heterocycles. The van der Waals surface area contributed by atoms with Crippen molar-refractivity contribution < 1.29 is 4.79 Å². The van der Waals surface area contributed by atoms with E-state index in [9.17, 15) is 4.79 Å². The van der Waals surface area contributed by atoms with Crippen LogP contribution in [-0.4, -0.2) is 22.9 Å². The molecule has 0 spiro atoms. The molecule has 4 atom stereocenters. The van der Waals surface area contributed by atoms with Crippen LogP contribution in [0.15, 0.2) is 24.3 Å². The SMILES string of the molecule is CCc1ccc(C2NC(C)C(=O)N2C2CC2C)cc1. The normalized spacial score (nSPS) is 33.8. The van der Waals surface area contributed by atoms with Gasteiger partial charge in [-0.1, -0.05) is 38.1 Å². The van der Waals surface area contributed by atoms with Gasteiger partial charge in [-0.2, -0.15) is 0 Å². The smallest absolute Gasteiger partial charge is 0.241 e. The van der Waals surface area contributed by atoms with Gasteiger partial charge < -0.3 is 4.90 Å². The first-order valence-electron chi connectivity index (χ1n) is 7.29. The van der Waals surface area contributed by atoms with Gasteiger partial charge in [0.15, 0.2) is 0 Å². The molecule has 102 valence electrons. The molecule has 1 aromatic rings. The van der Waals surface area contributed by atoms with Crippen molar-refractivity contribution in [2.75, 3.05) is 0 Å². The summed E-state index contributed by atoms with van der Waals surface area (Å²) < 4.78 is 0. The minimum Gasteiger partial charge on any atom is -0.318 e. The number of carbonyl (C=O) groups is 1. The average Bonchev–Trinajstić information content (AvgIpc) is 3.06. The summed E-state index contributed by atoms with van der Waals surface area (Å²) in [6.07, 6.45) is 2.25. The highest BCUT2D eigenvalue weighted by atomic mass is 16.2. The van der Waals surface area contributed by atoms with Crippen LogP contribution in [0.3, 0.4) is 0 Å². The zero-order valence-corrected chi connectivity index (χ0v) is 11.9. The van der Waals surface area contributed by atoms with Crippen LogP contribution in [0.5, 0.6) is 0 Å². The lowest BCUT2D eigenvalue weighted by atomic mass is 10.1. The first kappa shape index (κ1) is 12.7. The molecule has 1 aromatic carbocycles. The standard InChI is InChI=1S/C16H22N2O/c1-4-12-5-7-13(8-6-12)15-17-11(3)16(19)18(15)14-9-10(14)2/h5-8,10-11,14-15,17H,4,9H2,1-3H3. The van der Waals surface area contributed by atoms with E-state index in [0.29, 0.717) is 12.0 Å². The Morgan fingerprint density at radius 2 is 1.89 bits per heavy atom. The molecule has 1 aliphatic heterocycles. The quantitative estimate of drug-likeness (QED) is 0.903. The van der Waals surface area contributed by atoms with Crippen LogP contribution in [0.1, 0.15) is 44.5 Å². The largest absolute Gasteiger partial charge is 0.318 e. The molecular weight excluding hydrogens is 236 g/mol. The maximum Gasteiger partial charge on any atom is 0.241 e. The molecule has 3 rings (SSSR count). The summed E-state index contributed by atoms with van der Waals surface area (Å²) in [6.45, 7) is 6.34. The van der Waals surface area contributed by atoms with E-state index in [1.807, 2.05) is 6.92 Å². The van der Waals surface area contributed by atoms with E-state index in [2.05, 4.69) is 48.3 Å². The van der Waals surface area contributed by atoms with Gasteiger partial charge in [0.25, 0.3) is 0 Å². The molecule has 2 fully saturated rings. The zero-order chi connectivity index (χ0) is 13.6. The first-order valence-corrected chi connectivity index (χ1v) is 7.29. The van der Waals surface area contributed by atoms with Gasteiger partial charge in [0.05, 0.1) is 6.04 Å². The van der Waals surface area contributed by atoms with E-state index in [0.717, 1.165) is 12.8 Å². The fraction of sp³-hybridized carbons (Fsp3) is 0.562. The highest BCUT2D eigenvalue weighted by molar-refractivity contribution is 5.84. The van der Waals surface area contributed by atoms with Crippen LogP contribution in [0, 0.1) is 5.92 Å². The number of nitrogens with one attached hydrogen (secondary N) is 1. The fourth-order valence-corrected chi connectivity index (χ4v) is 2.98. The van der Waals surface area contributed by atoms with E-state index < -0.39 is 0 Å². The van der Waals surface area contributed by atoms with Gasteiger partial charge in [-0.3, -0.25) is 10.1 Å². The van der Waals surface area contributed by atoms with Crippen molar-refractivity contribution in [3.05, 3.63) is 35.4 Å². The summed E-state index contributed by atoms with van der Waals surface area (Å²) in [7, 11) is 0. The van der Waals surface area contributed by atoms with E-state index >= 15 is 0 Å². The summed E-state index contributed by atoms with van der Waals surface area (Å²) in [5, 5.41) is 3.43. The Bertz CT molecular complexity index is 482. The topological polar surface area (TPSA) is 32.3 Å². The molecule has 0 bridgehead atoms. The summed E-state index contributed by atoms with van der Waals surface area (Å²) in [5.41, 5.74) is 2.54. The molecule has 4 unspecified atom stereocenters. The summed E-state index contributed by atoms with van der Waals surface area (Å²) in [5.74, 6) is 0.896. The molecular formula is C16H22N2O.